The van der Waals surface area contributed by atoms with E-state index in [9.17, 15) is 0 Å². The lowest BCUT2D eigenvalue weighted by Gasteiger charge is -2.16. The molecule has 0 aliphatic rings. The van der Waals surface area contributed by atoms with Crippen molar-refractivity contribution < 1.29 is 0 Å². The normalized spacial score (nSPS) is 13.4. The summed E-state index contributed by atoms with van der Waals surface area (Å²) >= 11 is 7.07. The Morgan fingerprint density at radius 3 is 2.00 bits per heavy atom. The van der Waals surface area contributed by atoms with Crippen molar-refractivity contribution in [2.75, 3.05) is 0 Å². The molecular weight excluding hydrogens is 505 g/mol. The van der Waals surface area contributed by atoms with Crippen molar-refractivity contribution in [3.63, 3.8) is 0 Å². The Bertz CT molecular complexity index is 265. The molecule has 1 aromatic rings. The number of aromatic nitrogens is 2. The van der Waals surface area contributed by atoms with Crippen LogP contribution >= 0.6 is 67.8 Å². The molecule has 0 aliphatic carbocycles. The minimum Gasteiger partial charge on any atom is -0.237 e. The first-order valence-corrected chi connectivity index (χ1v) is 7.07. The highest BCUT2D eigenvalue weighted by Gasteiger charge is 2.23. The molecule has 0 amide bonds. The third-order valence-corrected chi connectivity index (χ3v) is 3.19. The summed E-state index contributed by atoms with van der Waals surface area (Å²) in [5.74, 6) is 0. The Kier molecular flexibility index (Phi) is 3.94. The molecule has 0 saturated heterocycles. The van der Waals surface area contributed by atoms with Crippen molar-refractivity contribution in [2.24, 2.45) is 0 Å². The van der Waals surface area contributed by atoms with Gasteiger partial charge in [0.15, 0.2) is 0 Å². The first kappa shape index (κ1) is 12.5. The standard InChI is InChI=1S/C8H11I3N2/c1-7(2,3)6-4-12-13(5-6)8(9,10)11/h4-5H,1-3H3. The third-order valence-electron chi connectivity index (χ3n) is 1.71. The highest BCUT2D eigenvalue weighted by molar-refractivity contribution is 14.3. The van der Waals surface area contributed by atoms with Gasteiger partial charge in [0.05, 0.1) is 6.20 Å². The van der Waals surface area contributed by atoms with Gasteiger partial charge in [-0.25, -0.2) is 4.68 Å². The van der Waals surface area contributed by atoms with E-state index in [1.54, 1.807) is 0 Å². The first-order chi connectivity index (χ1) is 5.71. The minimum atomic E-state index is -0.00319. The van der Waals surface area contributed by atoms with Crippen LogP contribution in [0, 0.1) is 0 Å². The molecule has 1 rings (SSSR count). The van der Waals surface area contributed by atoms with Crippen molar-refractivity contribution in [3.8, 4) is 0 Å². The molecular formula is C8H11I3N2. The summed E-state index contributed by atoms with van der Waals surface area (Å²) in [5, 5.41) is 4.35. The fourth-order valence-corrected chi connectivity index (χ4v) is 1.64. The molecule has 5 heteroatoms. The molecule has 0 radical (unpaired) electrons. The summed E-state index contributed by atoms with van der Waals surface area (Å²) in [6, 6.07) is 0. The second kappa shape index (κ2) is 4.11. The maximum absolute atomic E-state index is 4.35. The zero-order valence-electron chi connectivity index (χ0n) is 7.68. The summed E-state index contributed by atoms with van der Waals surface area (Å²) in [5.41, 5.74) is 1.47. The van der Waals surface area contributed by atoms with Crippen LogP contribution in [0.1, 0.15) is 26.3 Å². The SMILES string of the molecule is CC(C)(C)c1cnn(C(I)(I)I)c1. The lowest BCUT2D eigenvalue weighted by atomic mass is 9.90. The highest BCUT2D eigenvalue weighted by Crippen LogP contribution is 2.40. The lowest BCUT2D eigenvalue weighted by Crippen LogP contribution is -2.12. The zero-order chi connectivity index (χ0) is 10.3. The van der Waals surface area contributed by atoms with Crippen LogP contribution in [0.15, 0.2) is 12.4 Å². The van der Waals surface area contributed by atoms with E-state index in [4.69, 9.17) is 0 Å². The Morgan fingerprint density at radius 1 is 1.23 bits per heavy atom. The van der Waals surface area contributed by atoms with Gasteiger partial charge in [-0.2, -0.15) is 5.10 Å². The Morgan fingerprint density at radius 2 is 1.77 bits per heavy atom. The molecule has 0 N–H and O–H groups in total. The number of alkyl halides is 3. The molecule has 74 valence electrons. The van der Waals surface area contributed by atoms with Gasteiger partial charge < -0.3 is 0 Å². The van der Waals surface area contributed by atoms with Gasteiger partial charge in [0.1, 0.15) is 0 Å². The van der Waals surface area contributed by atoms with E-state index < -0.39 is 0 Å². The van der Waals surface area contributed by atoms with Gasteiger partial charge in [-0.15, -0.1) is 0 Å². The monoisotopic (exact) mass is 516 g/mol. The summed E-state index contributed by atoms with van der Waals surface area (Å²) in [4.78, 5) is 0. The molecule has 13 heavy (non-hydrogen) atoms. The molecule has 0 saturated carbocycles. The minimum absolute atomic E-state index is 0.00319. The van der Waals surface area contributed by atoms with Crippen molar-refractivity contribution in [3.05, 3.63) is 18.0 Å². The molecule has 0 spiro atoms. The highest BCUT2D eigenvalue weighted by atomic mass is 127. The molecule has 1 heterocycles. The van der Waals surface area contributed by atoms with E-state index in [0.717, 1.165) is 0 Å². The van der Waals surface area contributed by atoms with Gasteiger partial charge in [-0.3, -0.25) is 0 Å². The molecule has 1 aromatic heterocycles. The van der Waals surface area contributed by atoms with Crippen molar-refractivity contribution in [1.29, 1.82) is 0 Å². The maximum atomic E-state index is 4.35. The largest absolute Gasteiger partial charge is 0.237 e. The van der Waals surface area contributed by atoms with Gasteiger partial charge in [-0.05, 0) is 78.8 Å². The van der Waals surface area contributed by atoms with Crippen molar-refractivity contribution >= 4 is 67.8 Å². The molecule has 0 fully saturated rings. The van der Waals surface area contributed by atoms with Crippen molar-refractivity contribution in [2.45, 2.75) is 25.7 Å². The quantitative estimate of drug-likeness (QED) is 0.408. The summed E-state index contributed by atoms with van der Waals surface area (Å²) in [6.45, 7) is 6.59. The molecule has 0 aliphatic heterocycles. The summed E-state index contributed by atoms with van der Waals surface area (Å²) in [7, 11) is 0. The van der Waals surface area contributed by atoms with Crippen LogP contribution in [0.25, 0.3) is 0 Å². The van der Waals surface area contributed by atoms with E-state index >= 15 is 0 Å². The maximum Gasteiger partial charge on any atom is 0.213 e. The van der Waals surface area contributed by atoms with Gasteiger partial charge in [0.25, 0.3) is 0 Å². The molecule has 0 atom stereocenters. The van der Waals surface area contributed by atoms with E-state index in [2.05, 4.69) is 99.8 Å². The molecule has 2 nitrogen and oxygen atoms in total. The second-order valence-electron chi connectivity index (χ2n) is 3.89. The Labute approximate surface area is 120 Å². The smallest absolute Gasteiger partial charge is 0.213 e. The van der Waals surface area contributed by atoms with Crippen LogP contribution in [0.4, 0.5) is 0 Å². The molecule has 0 aromatic carbocycles. The van der Waals surface area contributed by atoms with Crippen LogP contribution in [0.2, 0.25) is 0 Å². The van der Waals surface area contributed by atoms with E-state index in [-0.39, 0.29) is 4.97 Å². The number of nitrogens with zero attached hydrogens (tertiary/aromatic N) is 2. The predicted molar refractivity (Wildman–Crippen MR) is 81.0 cm³/mol. The predicted octanol–water partition coefficient (Wildman–Crippen LogP) is 4.05. The van der Waals surface area contributed by atoms with E-state index in [1.807, 2.05) is 10.9 Å². The van der Waals surface area contributed by atoms with Gasteiger partial charge >= 0.3 is 0 Å². The Balaban J connectivity index is 3.01. The van der Waals surface area contributed by atoms with E-state index in [0.29, 0.717) is 0 Å². The first-order valence-electron chi connectivity index (χ1n) is 3.83. The Hall–Kier alpha value is 1.40. The fourth-order valence-electron chi connectivity index (χ4n) is 0.849. The second-order valence-corrected chi connectivity index (χ2v) is 14.8. The average molecular weight is 516 g/mol. The van der Waals surface area contributed by atoms with Crippen LogP contribution in [-0.4, -0.2) is 9.78 Å². The van der Waals surface area contributed by atoms with Crippen LogP contribution in [0.5, 0.6) is 0 Å². The van der Waals surface area contributed by atoms with Gasteiger partial charge in [-0.1, -0.05) is 20.8 Å². The number of rotatable bonds is 1. The third kappa shape index (κ3) is 3.47. The van der Waals surface area contributed by atoms with E-state index in [1.165, 1.54) is 5.56 Å². The fraction of sp³-hybridized carbons (Fsp3) is 0.625. The lowest BCUT2D eigenvalue weighted by molar-refractivity contribution is 0.589. The number of hydrogen-bond acceptors (Lipinski definition) is 1. The van der Waals surface area contributed by atoms with Crippen molar-refractivity contribution in [1.82, 2.24) is 9.78 Å². The van der Waals surface area contributed by atoms with Crippen LogP contribution in [-0.2, 0) is 4.97 Å². The van der Waals surface area contributed by atoms with Crippen LogP contribution < -0.4 is 0 Å². The average Bonchev–Trinajstić information content (AvgIpc) is 2.28. The topological polar surface area (TPSA) is 17.8 Å². The number of halogens is 3. The summed E-state index contributed by atoms with van der Waals surface area (Å²) < 4.78 is 1.98. The van der Waals surface area contributed by atoms with Crippen LogP contribution in [0.3, 0.4) is 0 Å². The van der Waals surface area contributed by atoms with Gasteiger partial charge in [0, 0.05) is 6.20 Å². The zero-order valence-corrected chi connectivity index (χ0v) is 14.2. The molecule has 0 bridgehead atoms. The summed E-state index contributed by atoms with van der Waals surface area (Å²) in [6.07, 6.45) is 4.07. The molecule has 0 unspecified atom stereocenters. The number of hydrogen-bond donors (Lipinski definition) is 0. The van der Waals surface area contributed by atoms with Gasteiger partial charge in [0.2, 0.25) is -0.441 Å².